The molecule has 0 aliphatic heterocycles. The number of rotatable bonds is 10. The second-order valence-corrected chi connectivity index (χ2v) is 8.97. The number of para-hydroxylation sites is 1. The van der Waals surface area contributed by atoms with Crippen LogP contribution in [0.15, 0.2) is 66.1 Å². The van der Waals surface area contributed by atoms with E-state index in [0.717, 1.165) is 11.1 Å². The van der Waals surface area contributed by atoms with Gasteiger partial charge in [-0.1, -0.05) is 24.3 Å². The van der Waals surface area contributed by atoms with Crippen LogP contribution >= 0.6 is 0 Å². The van der Waals surface area contributed by atoms with E-state index in [-0.39, 0.29) is 5.75 Å². The largest absolute Gasteiger partial charge is 0.496 e. The van der Waals surface area contributed by atoms with Crippen molar-refractivity contribution in [3.05, 3.63) is 77.2 Å². The number of benzene rings is 3. The molecule has 0 aliphatic carbocycles. The standard InChI is InChI=1S/C25H27NO6S/c1-29-20-15-24(31-3)21(25(16-20)32-4)12-13-33(27,28)17-18-10-11-23(30-2)22(14-18)26-19-8-6-5-7-9-19/h5-16,26H,17H2,1-4H3. The summed E-state index contributed by atoms with van der Waals surface area (Å²) in [6, 6.07) is 18.2. The summed E-state index contributed by atoms with van der Waals surface area (Å²) in [5, 5.41) is 4.43. The highest BCUT2D eigenvalue weighted by molar-refractivity contribution is 7.93. The van der Waals surface area contributed by atoms with E-state index in [4.69, 9.17) is 18.9 Å². The van der Waals surface area contributed by atoms with Crippen molar-refractivity contribution in [1.82, 2.24) is 0 Å². The third-order valence-electron chi connectivity index (χ3n) is 4.88. The van der Waals surface area contributed by atoms with Gasteiger partial charge in [0.2, 0.25) is 0 Å². The van der Waals surface area contributed by atoms with Gasteiger partial charge in [0.1, 0.15) is 23.0 Å². The van der Waals surface area contributed by atoms with Crippen molar-refractivity contribution in [2.45, 2.75) is 5.75 Å². The van der Waals surface area contributed by atoms with Gasteiger partial charge in [-0.2, -0.15) is 0 Å². The fourth-order valence-corrected chi connectivity index (χ4v) is 4.35. The highest BCUT2D eigenvalue weighted by Crippen LogP contribution is 2.35. The zero-order chi connectivity index (χ0) is 23.8. The average molecular weight is 470 g/mol. The molecule has 0 amide bonds. The minimum absolute atomic E-state index is 0.183. The van der Waals surface area contributed by atoms with Crippen LogP contribution in [0.4, 0.5) is 11.4 Å². The summed E-state index contributed by atoms with van der Waals surface area (Å²) < 4.78 is 47.2. The molecule has 0 bridgehead atoms. The molecule has 0 fully saturated rings. The van der Waals surface area contributed by atoms with Gasteiger partial charge in [0.05, 0.1) is 45.4 Å². The zero-order valence-electron chi connectivity index (χ0n) is 19.0. The Labute approximate surface area is 194 Å². The first-order valence-electron chi connectivity index (χ1n) is 10.1. The summed E-state index contributed by atoms with van der Waals surface area (Å²) in [7, 11) is 2.50. The molecule has 0 unspecified atom stereocenters. The number of hydrogen-bond acceptors (Lipinski definition) is 7. The Kier molecular flexibility index (Phi) is 7.84. The van der Waals surface area contributed by atoms with Gasteiger partial charge in [-0.25, -0.2) is 8.42 Å². The Morgan fingerprint density at radius 2 is 1.42 bits per heavy atom. The summed E-state index contributed by atoms with van der Waals surface area (Å²) >= 11 is 0. The van der Waals surface area contributed by atoms with Crippen LogP contribution in [-0.2, 0) is 15.6 Å². The molecule has 0 saturated carbocycles. The van der Waals surface area contributed by atoms with Crippen molar-refractivity contribution in [3.63, 3.8) is 0 Å². The number of methoxy groups -OCH3 is 4. The molecule has 0 atom stereocenters. The van der Waals surface area contributed by atoms with E-state index < -0.39 is 9.84 Å². The maximum absolute atomic E-state index is 12.9. The maximum Gasteiger partial charge on any atom is 0.175 e. The minimum atomic E-state index is -3.60. The van der Waals surface area contributed by atoms with E-state index in [1.807, 2.05) is 30.3 Å². The monoisotopic (exact) mass is 469 g/mol. The Morgan fingerprint density at radius 1 is 0.788 bits per heavy atom. The van der Waals surface area contributed by atoms with Crippen LogP contribution in [0.25, 0.3) is 6.08 Å². The number of anilines is 2. The number of ether oxygens (including phenoxy) is 4. The molecule has 7 nitrogen and oxygen atoms in total. The summed E-state index contributed by atoms with van der Waals surface area (Å²) in [4.78, 5) is 0. The Hall–Kier alpha value is -3.65. The van der Waals surface area contributed by atoms with Gasteiger partial charge >= 0.3 is 0 Å². The van der Waals surface area contributed by atoms with Crippen molar-refractivity contribution >= 4 is 27.3 Å². The van der Waals surface area contributed by atoms with Crippen LogP contribution in [0, 0.1) is 0 Å². The second-order valence-electron chi connectivity index (χ2n) is 7.08. The molecule has 3 rings (SSSR count). The van der Waals surface area contributed by atoms with Crippen molar-refractivity contribution in [3.8, 4) is 23.0 Å². The summed E-state index contributed by atoms with van der Waals surface area (Å²) in [6.07, 6.45) is 1.47. The molecular weight excluding hydrogens is 442 g/mol. The van der Waals surface area contributed by atoms with Crippen LogP contribution in [0.1, 0.15) is 11.1 Å². The molecule has 0 aromatic heterocycles. The lowest BCUT2D eigenvalue weighted by Gasteiger charge is -2.13. The fraction of sp³-hybridized carbons (Fsp3) is 0.200. The molecule has 0 saturated heterocycles. The van der Waals surface area contributed by atoms with Gasteiger partial charge in [-0.15, -0.1) is 0 Å². The first-order valence-corrected chi connectivity index (χ1v) is 11.8. The quantitative estimate of drug-likeness (QED) is 0.445. The smallest absolute Gasteiger partial charge is 0.175 e. The average Bonchev–Trinajstić information content (AvgIpc) is 2.82. The van der Waals surface area contributed by atoms with Crippen LogP contribution in [0.2, 0.25) is 0 Å². The van der Waals surface area contributed by atoms with Gasteiger partial charge in [0.25, 0.3) is 0 Å². The molecule has 33 heavy (non-hydrogen) atoms. The number of hydrogen-bond donors (Lipinski definition) is 1. The van der Waals surface area contributed by atoms with Crippen LogP contribution in [0.5, 0.6) is 23.0 Å². The van der Waals surface area contributed by atoms with Crippen LogP contribution in [0.3, 0.4) is 0 Å². The lowest BCUT2D eigenvalue weighted by atomic mass is 10.1. The second kappa shape index (κ2) is 10.8. The van der Waals surface area contributed by atoms with Gasteiger partial charge in [-0.3, -0.25) is 0 Å². The van der Waals surface area contributed by atoms with Crippen LogP contribution in [-0.4, -0.2) is 36.9 Å². The fourth-order valence-electron chi connectivity index (χ4n) is 3.27. The van der Waals surface area contributed by atoms with E-state index in [1.54, 1.807) is 37.4 Å². The Balaban J connectivity index is 1.87. The summed E-state index contributed by atoms with van der Waals surface area (Å²) in [5.74, 6) is 1.86. The molecule has 174 valence electrons. The van der Waals surface area contributed by atoms with Gasteiger partial charge in [0.15, 0.2) is 9.84 Å². The van der Waals surface area contributed by atoms with Crippen molar-refractivity contribution in [2.75, 3.05) is 33.8 Å². The van der Waals surface area contributed by atoms with E-state index >= 15 is 0 Å². The van der Waals surface area contributed by atoms with E-state index in [1.165, 1.54) is 27.4 Å². The predicted molar refractivity (Wildman–Crippen MR) is 130 cm³/mol. The first kappa shape index (κ1) is 24.0. The van der Waals surface area contributed by atoms with Gasteiger partial charge in [0, 0.05) is 23.2 Å². The van der Waals surface area contributed by atoms with E-state index in [0.29, 0.717) is 39.8 Å². The molecule has 8 heteroatoms. The third-order valence-corrected chi connectivity index (χ3v) is 6.17. The number of nitrogens with one attached hydrogen (secondary N) is 1. The Morgan fingerprint density at radius 3 is 2.00 bits per heavy atom. The van der Waals surface area contributed by atoms with Crippen molar-refractivity contribution in [1.29, 1.82) is 0 Å². The lowest BCUT2D eigenvalue weighted by Crippen LogP contribution is -2.02. The molecule has 0 spiro atoms. The van der Waals surface area contributed by atoms with Crippen molar-refractivity contribution in [2.24, 2.45) is 0 Å². The van der Waals surface area contributed by atoms with Crippen LogP contribution < -0.4 is 24.3 Å². The Bertz CT molecular complexity index is 1200. The topological polar surface area (TPSA) is 83.1 Å². The molecule has 3 aromatic carbocycles. The number of sulfone groups is 1. The molecular formula is C25H27NO6S. The van der Waals surface area contributed by atoms with Crippen molar-refractivity contribution < 1.29 is 27.4 Å². The normalized spacial score (nSPS) is 11.3. The molecule has 3 aromatic rings. The minimum Gasteiger partial charge on any atom is -0.496 e. The summed E-state index contributed by atoms with van der Waals surface area (Å²) in [5.41, 5.74) is 2.67. The zero-order valence-corrected chi connectivity index (χ0v) is 19.8. The van der Waals surface area contributed by atoms with Gasteiger partial charge < -0.3 is 24.3 Å². The molecule has 0 heterocycles. The van der Waals surface area contributed by atoms with Gasteiger partial charge in [-0.05, 0) is 35.9 Å². The molecule has 1 N–H and O–H groups in total. The maximum atomic E-state index is 12.9. The highest BCUT2D eigenvalue weighted by atomic mass is 32.2. The SMILES string of the molecule is COc1cc(OC)c(C=CS(=O)(=O)Cc2ccc(OC)c(Nc3ccccc3)c2)c(OC)c1. The van der Waals surface area contributed by atoms with E-state index in [9.17, 15) is 8.42 Å². The summed E-state index contributed by atoms with van der Waals surface area (Å²) in [6.45, 7) is 0. The first-order chi connectivity index (χ1) is 15.9. The molecule has 0 aliphatic rings. The van der Waals surface area contributed by atoms with E-state index in [2.05, 4.69) is 5.32 Å². The lowest BCUT2D eigenvalue weighted by molar-refractivity contribution is 0.374. The highest BCUT2D eigenvalue weighted by Gasteiger charge is 2.15. The predicted octanol–water partition coefficient (Wildman–Crippen LogP) is 5.05. The molecule has 0 radical (unpaired) electrons. The third kappa shape index (κ3) is 6.20.